The number of rotatable bonds is 3. The Morgan fingerprint density at radius 1 is 1.29 bits per heavy atom. The van der Waals surface area contributed by atoms with E-state index < -0.39 is 0 Å². The van der Waals surface area contributed by atoms with Gasteiger partial charge in [0.25, 0.3) is 0 Å². The SMILES string of the molecule is CCN(C(=O)N1CCCC1)C1CCCC1CN. The number of nitrogens with two attached hydrogens (primary N) is 1. The molecule has 17 heavy (non-hydrogen) atoms. The van der Waals surface area contributed by atoms with Crippen molar-refractivity contribution in [1.82, 2.24) is 9.80 Å². The van der Waals surface area contributed by atoms with Gasteiger partial charge in [0.2, 0.25) is 0 Å². The predicted molar refractivity (Wildman–Crippen MR) is 68.8 cm³/mol. The van der Waals surface area contributed by atoms with E-state index in [2.05, 4.69) is 11.8 Å². The summed E-state index contributed by atoms with van der Waals surface area (Å²) in [5.41, 5.74) is 5.82. The maximum atomic E-state index is 12.4. The normalized spacial score (nSPS) is 28.7. The highest BCUT2D eigenvalue weighted by molar-refractivity contribution is 5.75. The molecule has 2 rings (SSSR count). The van der Waals surface area contributed by atoms with Gasteiger partial charge < -0.3 is 15.5 Å². The molecule has 1 heterocycles. The molecule has 2 atom stereocenters. The average Bonchev–Trinajstić information content (AvgIpc) is 3.01. The number of carbonyl (C=O) groups is 1. The van der Waals surface area contributed by atoms with Gasteiger partial charge in [-0.15, -0.1) is 0 Å². The summed E-state index contributed by atoms with van der Waals surface area (Å²) in [5.74, 6) is 0.515. The van der Waals surface area contributed by atoms with Gasteiger partial charge in [0, 0.05) is 25.7 Å². The molecular weight excluding hydrogens is 214 g/mol. The second-order valence-corrected chi connectivity index (χ2v) is 5.26. The van der Waals surface area contributed by atoms with Gasteiger partial charge >= 0.3 is 6.03 Å². The molecule has 98 valence electrons. The molecule has 0 spiro atoms. The molecule has 0 aromatic carbocycles. The molecule has 0 aromatic heterocycles. The van der Waals surface area contributed by atoms with Crippen molar-refractivity contribution in [3.8, 4) is 0 Å². The van der Waals surface area contributed by atoms with Crippen molar-refractivity contribution in [2.24, 2.45) is 11.7 Å². The minimum Gasteiger partial charge on any atom is -0.330 e. The van der Waals surface area contributed by atoms with Crippen LogP contribution in [0.5, 0.6) is 0 Å². The highest BCUT2D eigenvalue weighted by Gasteiger charge is 2.35. The minimum absolute atomic E-state index is 0.246. The molecule has 1 aliphatic carbocycles. The Bertz CT molecular complexity index is 263. The van der Waals surface area contributed by atoms with E-state index in [1.165, 1.54) is 12.8 Å². The first-order valence-electron chi connectivity index (χ1n) is 7.03. The number of nitrogens with zero attached hydrogens (tertiary/aromatic N) is 2. The van der Waals surface area contributed by atoms with Crippen molar-refractivity contribution < 1.29 is 4.79 Å². The number of carbonyl (C=O) groups excluding carboxylic acids is 1. The van der Waals surface area contributed by atoms with Gasteiger partial charge in [-0.25, -0.2) is 4.79 Å². The van der Waals surface area contributed by atoms with Gasteiger partial charge in [-0.2, -0.15) is 0 Å². The highest BCUT2D eigenvalue weighted by Crippen LogP contribution is 2.30. The number of hydrogen-bond acceptors (Lipinski definition) is 2. The average molecular weight is 239 g/mol. The van der Waals surface area contributed by atoms with Crippen molar-refractivity contribution in [2.75, 3.05) is 26.2 Å². The fourth-order valence-corrected chi connectivity index (χ4v) is 3.30. The van der Waals surface area contributed by atoms with Crippen molar-refractivity contribution in [3.63, 3.8) is 0 Å². The molecule has 1 aliphatic heterocycles. The quantitative estimate of drug-likeness (QED) is 0.814. The summed E-state index contributed by atoms with van der Waals surface area (Å²) in [4.78, 5) is 16.5. The summed E-state index contributed by atoms with van der Waals surface area (Å²) < 4.78 is 0. The lowest BCUT2D eigenvalue weighted by Gasteiger charge is -2.34. The molecule has 4 nitrogen and oxygen atoms in total. The summed E-state index contributed by atoms with van der Waals surface area (Å²) in [5, 5.41) is 0. The van der Waals surface area contributed by atoms with Crippen LogP contribution in [0.3, 0.4) is 0 Å². The van der Waals surface area contributed by atoms with Crippen LogP contribution in [0.15, 0.2) is 0 Å². The van der Waals surface area contributed by atoms with Crippen LogP contribution in [-0.2, 0) is 0 Å². The highest BCUT2D eigenvalue weighted by atomic mass is 16.2. The minimum atomic E-state index is 0.246. The Kier molecular flexibility index (Phi) is 4.26. The van der Waals surface area contributed by atoms with E-state index in [1.807, 2.05) is 4.90 Å². The van der Waals surface area contributed by atoms with Gasteiger partial charge in [-0.1, -0.05) is 6.42 Å². The van der Waals surface area contributed by atoms with E-state index >= 15 is 0 Å². The largest absolute Gasteiger partial charge is 0.330 e. The Morgan fingerprint density at radius 2 is 2.00 bits per heavy atom. The molecule has 2 aliphatic rings. The van der Waals surface area contributed by atoms with Gasteiger partial charge in [0.05, 0.1) is 0 Å². The lowest BCUT2D eigenvalue weighted by Crippen LogP contribution is -2.49. The fraction of sp³-hybridized carbons (Fsp3) is 0.923. The maximum Gasteiger partial charge on any atom is 0.320 e. The summed E-state index contributed by atoms with van der Waals surface area (Å²) in [6, 6.07) is 0.633. The first kappa shape index (κ1) is 12.7. The van der Waals surface area contributed by atoms with Crippen LogP contribution >= 0.6 is 0 Å². The Hall–Kier alpha value is -0.770. The van der Waals surface area contributed by atoms with Crippen LogP contribution in [0.25, 0.3) is 0 Å². The standard InChI is InChI=1S/C13H25N3O/c1-2-16(12-7-5-6-11(12)10-14)13(17)15-8-3-4-9-15/h11-12H,2-10,14H2,1H3. The van der Waals surface area contributed by atoms with Gasteiger partial charge in [0.15, 0.2) is 0 Å². The van der Waals surface area contributed by atoms with Gasteiger partial charge in [0.1, 0.15) is 0 Å². The van der Waals surface area contributed by atoms with Crippen LogP contribution in [0, 0.1) is 5.92 Å². The molecule has 4 heteroatoms. The smallest absolute Gasteiger partial charge is 0.320 e. The monoisotopic (exact) mass is 239 g/mol. The second-order valence-electron chi connectivity index (χ2n) is 5.26. The fourth-order valence-electron chi connectivity index (χ4n) is 3.30. The summed E-state index contributed by atoms with van der Waals surface area (Å²) >= 11 is 0. The molecule has 2 amide bonds. The third-order valence-electron chi connectivity index (χ3n) is 4.29. The lowest BCUT2D eigenvalue weighted by atomic mass is 10.0. The molecule has 0 aromatic rings. The number of hydrogen-bond donors (Lipinski definition) is 1. The summed E-state index contributed by atoms with van der Waals surface area (Å²) in [6.07, 6.45) is 5.86. The lowest BCUT2D eigenvalue weighted by molar-refractivity contribution is 0.132. The van der Waals surface area contributed by atoms with E-state index in [-0.39, 0.29) is 6.03 Å². The first-order chi connectivity index (χ1) is 8.27. The zero-order valence-electron chi connectivity index (χ0n) is 10.9. The van der Waals surface area contributed by atoms with Crippen molar-refractivity contribution >= 4 is 6.03 Å². The van der Waals surface area contributed by atoms with Crippen LogP contribution in [0.1, 0.15) is 39.0 Å². The number of urea groups is 1. The summed E-state index contributed by atoms with van der Waals surface area (Å²) in [6.45, 7) is 5.50. The molecular formula is C13H25N3O. The molecule has 1 saturated carbocycles. The van der Waals surface area contributed by atoms with Crippen molar-refractivity contribution in [2.45, 2.75) is 45.1 Å². The zero-order valence-corrected chi connectivity index (χ0v) is 10.9. The number of amides is 2. The molecule has 0 radical (unpaired) electrons. The Labute approximate surface area is 104 Å². The molecule has 2 N–H and O–H groups in total. The van der Waals surface area contributed by atoms with E-state index in [9.17, 15) is 4.79 Å². The van der Waals surface area contributed by atoms with E-state index in [1.54, 1.807) is 0 Å². The van der Waals surface area contributed by atoms with Crippen LogP contribution in [-0.4, -0.2) is 48.1 Å². The van der Waals surface area contributed by atoms with Crippen LogP contribution in [0.4, 0.5) is 4.79 Å². The van der Waals surface area contributed by atoms with Crippen LogP contribution < -0.4 is 5.73 Å². The van der Waals surface area contributed by atoms with Crippen molar-refractivity contribution in [3.05, 3.63) is 0 Å². The van der Waals surface area contributed by atoms with Gasteiger partial charge in [-0.05, 0) is 45.1 Å². The molecule has 2 unspecified atom stereocenters. The summed E-state index contributed by atoms with van der Waals surface area (Å²) in [7, 11) is 0. The Balaban J connectivity index is 2.01. The number of likely N-dealkylation sites (tertiary alicyclic amines) is 1. The first-order valence-corrected chi connectivity index (χ1v) is 7.03. The van der Waals surface area contributed by atoms with E-state index in [0.717, 1.165) is 38.9 Å². The predicted octanol–water partition coefficient (Wildman–Crippen LogP) is 1.65. The second kappa shape index (κ2) is 5.71. The topological polar surface area (TPSA) is 49.6 Å². The van der Waals surface area contributed by atoms with Crippen molar-refractivity contribution in [1.29, 1.82) is 0 Å². The molecule has 1 saturated heterocycles. The molecule has 2 fully saturated rings. The van der Waals surface area contributed by atoms with E-state index in [0.29, 0.717) is 18.5 Å². The maximum absolute atomic E-state index is 12.4. The van der Waals surface area contributed by atoms with E-state index in [4.69, 9.17) is 5.73 Å². The third kappa shape index (κ3) is 2.57. The Morgan fingerprint density at radius 3 is 2.59 bits per heavy atom. The molecule has 0 bridgehead atoms. The zero-order chi connectivity index (χ0) is 12.3. The van der Waals surface area contributed by atoms with Gasteiger partial charge in [-0.3, -0.25) is 0 Å². The van der Waals surface area contributed by atoms with Crippen LogP contribution in [0.2, 0.25) is 0 Å². The third-order valence-corrected chi connectivity index (χ3v) is 4.29.